The van der Waals surface area contributed by atoms with Gasteiger partial charge in [0.1, 0.15) is 54.4 Å². The molecule has 117 heavy (non-hydrogen) atoms. The Morgan fingerprint density at radius 1 is 0.462 bits per heavy atom. The summed E-state index contributed by atoms with van der Waals surface area (Å²) in [6, 6.07) is -4.44. The third kappa shape index (κ3) is 25.5. The van der Waals surface area contributed by atoms with E-state index in [1.165, 1.54) is 77.0 Å². The molecule has 0 aromatic rings. The maximum atomic E-state index is 13.5. The number of halogens is 9. The van der Waals surface area contributed by atoms with E-state index in [2.05, 4.69) is 31.9 Å². The second-order valence-electron chi connectivity index (χ2n) is 37.1. The lowest BCUT2D eigenvalue weighted by molar-refractivity contribution is -0.176. The van der Waals surface area contributed by atoms with Gasteiger partial charge in [-0.05, 0) is 127 Å². The molecule has 0 radical (unpaired) electrons. The summed E-state index contributed by atoms with van der Waals surface area (Å²) in [6.07, 6.45) is -12.8. The van der Waals surface area contributed by atoms with Gasteiger partial charge >= 0.3 is 36.3 Å². The van der Waals surface area contributed by atoms with Gasteiger partial charge in [-0.1, -0.05) is 111 Å². The van der Waals surface area contributed by atoms with Crippen molar-refractivity contribution in [2.24, 2.45) is 85.8 Å². The van der Waals surface area contributed by atoms with Crippen LogP contribution in [0.15, 0.2) is 0 Å². The van der Waals surface area contributed by atoms with E-state index >= 15 is 0 Å². The first-order chi connectivity index (χ1) is 52.5. The molecule has 0 spiro atoms. The summed E-state index contributed by atoms with van der Waals surface area (Å²) in [5.41, 5.74) is -3.94. The zero-order valence-corrected chi connectivity index (χ0v) is 69.8. The van der Waals surface area contributed by atoms with Crippen molar-refractivity contribution in [1.29, 1.82) is 15.8 Å². The van der Waals surface area contributed by atoms with Gasteiger partial charge in [-0.3, -0.25) is 62.1 Å². The Morgan fingerprint density at radius 2 is 0.658 bits per heavy atom. The molecule has 0 aromatic heterocycles. The highest BCUT2D eigenvalue weighted by atomic mass is 32.2. The Hall–Kier alpha value is -8.65. The number of piperidine rings is 3. The minimum absolute atomic E-state index is 0. The van der Waals surface area contributed by atoms with Crippen LogP contribution in [0.2, 0.25) is 0 Å². The monoisotopic (exact) mass is 1700 g/mol. The number of rotatable bonds is 18. The number of likely N-dealkylation sites (tertiary alicyclic amines) is 3. The van der Waals surface area contributed by atoms with Crippen LogP contribution in [-0.2, 0) is 72.4 Å². The first kappa shape index (κ1) is 101. The van der Waals surface area contributed by atoms with Gasteiger partial charge in [0.05, 0.1) is 30.1 Å². The van der Waals surface area contributed by atoms with Gasteiger partial charge in [-0.2, -0.15) is 63.7 Å². The Labute approximate surface area is 677 Å². The molecule has 10 N–H and O–H groups in total. The summed E-state index contributed by atoms with van der Waals surface area (Å²) in [6.45, 7) is 33.5. The average Bonchev–Trinajstić information content (AvgIpc) is 1.54. The van der Waals surface area contributed by atoms with Crippen LogP contribution in [0.1, 0.15) is 171 Å². The molecule has 9 rings (SSSR count). The second-order valence-corrected chi connectivity index (χ2v) is 38.6. The van der Waals surface area contributed by atoms with Gasteiger partial charge in [-0.25, -0.2) is 0 Å². The number of ether oxygens (including phenoxy) is 1. The quantitative estimate of drug-likeness (QED) is 0.0646. The Morgan fingerprint density at radius 3 is 0.803 bits per heavy atom. The SMILES string of the molecule is C.CC(C)(C)[C@H](NC(=O)C(F)(F)F)C(=O)N1C[C@H]2[C@@H]([C@H]1C(=O)N[C@@H](C#N)C[C@@H]1CCNC1=O)C2(C)C.CC(C)(C)[C@H](NC(=O)C(F)(F)F)C(=O)N1C[C@H]2[C@@H]([C@H]1C(=O)N[C@H](C#N)C[C@@H]1CCNC1=O)C2(C)C.CC(C)(C)[C@H](NC(=O)C(F)(F)F)C(=O)N1C[C@H]2[C@@H]([C@H]1C(=O)N[C@H](C#N)C[C@@H]1CCNC1=O)C2(C)C.COC(C)(C)C.CS(=O)(=O)O. The molecule has 3 saturated carbocycles. The van der Waals surface area contributed by atoms with Crippen molar-refractivity contribution in [1.82, 2.24) is 62.6 Å². The summed E-state index contributed by atoms with van der Waals surface area (Å²) in [5, 5.41) is 50.0. The van der Waals surface area contributed by atoms with Gasteiger partial charge in [0.15, 0.2) is 0 Å². The van der Waals surface area contributed by atoms with Crippen molar-refractivity contribution in [2.75, 3.05) is 52.6 Å². The number of alkyl halides is 9. The summed E-state index contributed by atoms with van der Waals surface area (Å²) >= 11 is 0. The van der Waals surface area contributed by atoms with E-state index in [9.17, 15) is 121 Å². The molecular formula is C76H116F9N15O16S. The molecule has 41 heteroatoms. The molecule has 660 valence electrons. The van der Waals surface area contributed by atoms with E-state index in [0.717, 1.165) is 0 Å². The van der Waals surface area contributed by atoms with Crippen molar-refractivity contribution in [3.8, 4) is 18.2 Å². The maximum Gasteiger partial charge on any atom is 0.471 e. The van der Waals surface area contributed by atoms with Gasteiger partial charge in [0, 0.05) is 64.1 Å². The molecular weight excluding hydrogens is 1580 g/mol. The average molecular weight is 1700 g/mol. The number of methoxy groups -OCH3 is 1. The number of fused-ring (bicyclic) bond motifs is 3. The minimum atomic E-state index is -5.16. The molecule has 6 saturated heterocycles. The smallest absolute Gasteiger partial charge is 0.379 e. The van der Waals surface area contributed by atoms with E-state index in [0.29, 0.717) is 45.2 Å². The first-order valence-corrected chi connectivity index (χ1v) is 39.9. The maximum absolute atomic E-state index is 13.5. The molecule has 12 amide bonds. The number of amides is 12. The Balaban J connectivity index is 0.000000344. The van der Waals surface area contributed by atoms with Gasteiger partial charge < -0.3 is 67.3 Å². The highest BCUT2D eigenvalue weighted by Crippen LogP contribution is 2.67. The van der Waals surface area contributed by atoms with E-state index < -0.39 is 170 Å². The predicted octanol–water partition coefficient (Wildman–Crippen LogP) is 4.86. The zero-order chi connectivity index (χ0) is 89.2. The third-order valence-corrected chi connectivity index (χ3v) is 23.3. The lowest BCUT2D eigenvalue weighted by Gasteiger charge is -2.37. The molecule has 0 unspecified atom stereocenters. The molecule has 18 atom stereocenters. The van der Waals surface area contributed by atoms with Crippen LogP contribution >= 0.6 is 0 Å². The summed E-state index contributed by atoms with van der Waals surface area (Å²) in [7, 11) is -1.96. The van der Waals surface area contributed by atoms with E-state index in [4.69, 9.17) is 9.29 Å². The standard InChI is InChI=1S/3C23H32F3N5O4.C5H12O.CH4O3S.CH4/c3*1-21(2,3)16(30-20(35)23(24,25)26)19(34)31-10-13-14(22(13,4)5)15(31)18(33)29-12(9-27)8-11-6-7-28-17(11)32;1-5(2,3)6-4;1-5(2,3)4;/h3*11-16H,6-8,10H2,1-5H3,(H,28,32)(H,29,33)(H,30,35);1-4H3;1H3,(H,2,3,4);1H4/t11-,12+,13-,14-,15-,16+;2*11-,12-,13-,14-,15-,16+;;;/m000.../s1. The number of hydrogen-bond donors (Lipinski definition) is 10. The highest BCUT2D eigenvalue weighted by molar-refractivity contribution is 7.85. The normalized spacial score (nSPS) is 27.0. The predicted molar refractivity (Wildman–Crippen MR) is 402 cm³/mol. The molecule has 9 fully saturated rings. The number of hydrogen-bond acceptors (Lipinski definition) is 18. The topological polar surface area (TPSA) is 458 Å². The minimum Gasteiger partial charge on any atom is -0.379 e. The van der Waals surface area contributed by atoms with Crippen LogP contribution < -0.4 is 47.9 Å². The molecule has 0 bridgehead atoms. The van der Waals surface area contributed by atoms with Crippen LogP contribution in [0.25, 0.3) is 0 Å². The van der Waals surface area contributed by atoms with Crippen LogP contribution in [0.5, 0.6) is 0 Å². The van der Waals surface area contributed by atoms with Crippen molar-refractivity contribution in [3.05, 3.63) is 0 Å². The van der Waals surface area contributed by atoms with E-state index in [-0.39, 0.29) is 121 Å². The fourth-order valence-electron chi connectivity index (χ4n) is 16.2. The third-order valence-electron chi connectivity index (χ3n) is 23.3. The number of carbonyl (C=O) groups is 12. The number of nitrogens with one attached hydrogen (secondary N) is 9. The van der Waals surface area contributed by atoms with Gasteiger partial charge in [0.2, 0.25) is 53.2 Å². The fourth-order valence-corrected chi connectivity index (χ4v) is 16.2. The lowest BCUT2D eigenvalue weighted by atomic mass is 9.85. The van der Waals surface area contributed by atoms with Crippen LogP contribution in [0.3, 0.4) is 0 Å². The zero-order valence-electron chi connectivity index (χ0n) is 68.9. The Kier molecular flexibility index (Phi) is 31.8. The lowest BCUT2D eigenvalue weighted by Crippen LogP contribution is -2.61. The number of nitrogens with zero attached hydrogens (tertiary/aromatic N) is 6. The van der Waals surface area contributed by atoms with E-state index in [1.807, 2.05) is 80.5 Å². The van der Waals surface area contributed by atoms with Crippen LogP contribution in [0, 0.1) is 120 Å². The second kappa shape index (κ2) is 36.9. The first-order valence-electron chi connectivity index (χ1n) is 38.0. The molecule has 6 heterocycles. The van der Waals surface area contributed by atoms with Crippen molar-refractivity contribution in [2.45, 2.75) is 249 Å². The molecule has 31 nitrogen and oxygen atoms in total. The summed E-state index contributed by atoms with van der Waals surface area (Å²) in [4.78, 5) is 155. The summed E-state index contributed by atoms with van der Waals surface area (Å²) < 4.78 is 147. The van der Waals surface area contributed by atoms with Crippen LogP contribution in [0.4, 0.5) is 39.5 Å². The largest absolute Gasteiger partial charge is 0.471 e. The number of carbonyl (C=O) groups excluding carboxylic acids is 12. The highest BCUT2D eigenvalue weighted by Gasteiger charge is 2.73. The molecule has 6 aliphatic heterocycles. The van der Waals surface area contributed by atoms with Crippen LogP contribution in [-0.4, -0.2) is 230 Å². The van der Waals surface area contributed by atoms with Crippen molar-refractivity contribution >= 4 is 81.0 Å². The van der Waals surface area contributed by atoms with Crippen molar-refractivity contribution < 1.29 is 115 Å². The number of nitriles is 3. The molecule has 3 aliphatic carbocycles. The molecule has 0 aromatic carbocycles. The fraction of sp³-hybridized carbons (Fsp3) is 0.803. The van der Waals surface area contributed by atoms with E-state index in [1.54, 1.807) is 23.1 Å². The van der Waals surface area contributed by atoms with Gasteiger partial charge in [-0.15, -0.1) is 0 Å². The molecule has 9 aliphatic rings. The Bertz CT molecular complexity index is 3610. The van der Waals surface area contributed by atoms with Gasteiger partial charge in [0.25, 0.3) is 10.1 Å². The summed E-state index contributed by atoms with van der Waals surface area (Å²) in [5.74, 6) is -13.4. The van der Waals surface area contributed by atoms with Crippen molar-refractivity contribution in [3.63, 3.8) is 0 Å².